The zero-order valence-electron chi connectivity index (χ0n) is 22.7. The Morgan fingerprint density at radius 3 is 2.28 bits per heavy atom. The summed E-state index contributed by atoms with van der Waals surface area (Å²) in [6.45, 7) is 8.92. The number of carbonyl (C=O) groups is 1. The molecule has 1 aromatic heterocycles. The Labute approximate surface area is 235 Å². The number of carbonyl (C=O) groups excluding carboxylic acids is 1. The Morgan fingerprint density at radius 2 is 1.56 bits per heavy atom. The number of aryl methyl sites for hydroxylation is 3. The summed E-state index contributed by atoms with van der Waals surface area (Å²) in [5.74, 6) is 1.66. The third-order valence-electron chi connectivity index (χ3n) is 7.31. The Kier molecular flexibility index (Phi) is 8.13. The van der Waals surface area contributed by atoms with Crippen LogP contribution in [0.4, 0.5) is 16.3 Å². The van der Waals surface area contributed by atoms with Crippen molar-refractivity contribution in [3.8, 4) is 11.4 Å². The summed E-state index contributed by atoms with van der Waals surface area (Å²) in [5.41, 5.74) is 7.24. The number of urea groups is 1. The van der Waals surface area contributed by atoms with Gasteiger partial charge in [-0.05, 0) is 56.0 Å². The molecule has 2 amide bonds. The highest BCUT2D eigenvalue weighted by atomic mass is 35.5. The van der Waals surface area contributed by atoms with Crippen LogP contribution in [0, 0.1) is 20.8 Å². The van der Waals surface area contributed by atoms with Gasteiger partial charge in [-0.15, -0.1) is 0 Å². The molecule has 200 valence electrons. The zero-order valence-corrected chi connectivity index (χ0v) is 23.5. The van der Waals surface area contributed by atoms with Crippen LogP contribution in [-0.4, -0.2) is 47.1 Å². The normalized spacial score (nSPS) is 13.7. The number of halogens is 1. The molecule has 1 saturated heterocycles. The molecular weight excluding hydrogens is 506 g/mol. The van der Waals surface area contributed by atoms with Crippen LogP contribution in [0.2, 0.25) is 5.02 Å². The number of hydrogen-bond acceptors (Lipinski definition) is 4. The summed E-state index contributed by atoms with van der Waals surface area (Å²) in [6.07, 6.45) is 1.56. The molecule has 39 heavy (non-hydrogen) atoms. The van der Waals surface area contributed by atoms with E-state index in [4.69, 9.17) is 21.6 Å². The van der Waals surface area contributed by atoms with Gasteiger partial charge in [0.05, 0.1) is 0 Å². The second-order valence-electron chi connectivity index (χ2n) is 10.1. The van der Waals surface area contributed by atoms with E-state index < -0.39 is 0 Å². The number of aromatic nitrogens is 2. The first-order valence-electron chi connectivity index (χ1n) is 13.4. The van der Waals surface area contributed by atoms with Crippen molar-refractivity contribution < 1.29 is 4.79 Å². The van der Waals surface area contributed by atoms with Crippen LogP contribution in [0.3, 0.4) is 0 Å². The van der Waals surface area contributed by atoms with Crippen molar-refractivity contribution in [2.24, 2.45) is 0 Å². The molecule has 0 saturated carbocycles. The highest BCUT2D eigenvalue weighted by molar-refractivity contribution is 6.30. The quantitative estimate of drug-likeness (QED) is 0.295. The van der Waals surface area contributed by atoms with Gasteiger partial charge in [0.25, 0.3) is 0 Å². The van der Waals surface area contributed by atoms with Crippen LogP contribution < -0.4 is 10.2 Å². The van der Waals surface area contributed by atoms with Gasteiger partial charge >= 0.3 is 6.03 Å². The van der Waals surface area contributed by atoms with Crippen molar-refractivity contribution in [3.05, 3.63) is 106 Å². The molecule has 4 aromatic rings. The third kappa shape index (κ3) is 6.23. The minimum Gasteiger partial charge on any atom is -0.354 e. The zero-order chi connectivity index (χ0) is 27.4. The van der Waals surface area contributed by atoms with E-state index in [9.17, 15) is 4.79 Å². The maximum absolute atomic E-state index is 13.3. The van der Waals surface area contributed by atoms with Crippen LogP contribution in [0.15, 0.2) is 72.8 Å². The van der Waals surface area contributed by atoms with Gasteiger partial charge in [-0.2, -0.15) is 0 Å². The number of hydrogen-bond donors (Lipinski definition) is 1. The Hall–Kier alpha value is -3.90. The first-order valence-corrected chi connectivity index (χ1v) is 13.8. The summed E-state index contributed by atoms with van der Waals surface area (Å²) < 4.78 is 0. The van der Waals surface area contributed by atoms with Gasteiger partial charge in [0, 0.05) is 60.1 Å². The molecule has 0 unspecified atom stereocenters. The van der Waals surface area contributed by atoms with E-state index in [1.54, 1.807) is 0 Å². The van der Waals surface area contributed by atoms with Crippen molar-refractivity contribution >= 4 is 29.1 Å². The van der Waals surface area contributed by atoms with Gasteiger partial charge in [0.2, 0.25) is 0 Å². The Morgan fingerprint density at radius 1 is 0.846 bits per heavy atom. The molecule has 1 aliphatic rings. The number of benzene rings is 3. The molecule has 0 atom stereocenters. The predicted molar refractivity (Wildman–Crippen MR) is 160 cm³/mol. The molecule has 3 aromatic carbocycles. The van der Waals surface area contributed by atoms with E-state index in [1.165, 1.54) is 0 Å². The van der Waals surface area contributed by atoms with E-state index in [-0.39, 0.29) is 6.03 Å². The fraction of sp³-hybridized carbons (Fsp3) is 0.281. The highest BCUT2D eigenvalue weighted by Crippen LogP contribution is 2.29. The molecular formula is C32H34ClN5O. The average Bonchev–Trinajstić information content (AvgIpc) is 3.20. The standard InChI is InChI=1S/C32H34ClN5O/c1-22-9-7-10-23(2)29(22)35-32(39)38-18-8-17-37(19-20-38)31-28(21-25-13-15-27(33)16-14-25)24(3)34-30(36-31)26-11-5-4-6-12-26/h4-7,9-16H,8,17-21H2,1-3H3,(H,35,39). The average molecular weight is 540 g/mol. The third-order valence-corrected chi connectivity index (χ3v) is 7.57. The van der Waals surface area contributed by atoms with Crippen molar-refractivity contribution in [3.63, 3.8) is 0 Å². The van der Waals surface area contributed by atoms with E-state index in [0.29, 0.717) is 26.1 Å². The fourth-order valence-corrected chi connectivity index (χ4v) is 5.23. The largest absolute Gasteiger partial charge is 0.354 e. The van der Waals surface area contributed by atoms with Gasteiger partial charge in [-0.1, -0.05) is 72.3 Å². The van der Waals surface area contributed by atoms with Crippen LogP contribution >= 0.6 is 11.6 Å². The minimum absolute atomic E-state index is 0.0560. The lowest BCUT2D eigenvalue weighted by Crippen LogP contribution is -2.38. The highest BCUT2D eigenvalue weighted by Gasteiger charge is 2.24. The summed E-state index contributed by atoms with van der Waals surface area (Å²) in [6, 6.07) is 24.1. The first-order chi connectivity index (χ1) is 18.9. The van der Waals surface area contributed by atoms with E-state index in [2.05, 4.69) is 29.3 Å². The summed E-state index contributed by atoms with van der Waals surface area (Å²) in [4.78, 5) is 27.5. The van der Waals surface area contributed by atoms with Gasteiger partial charge < -0.3 is 15.1 Å². The van der Waals surface area contributed by atoms with Crippen LogP contribution in [0.5, 0.6) is 0 Å². The number of anilines is 2. The topological polar surface area (TPSA) is 61.4 Å². The molecule has 5 rings (SSSR count). The van der Waals surface area contributed by atoms with Gasteiger partial charge in [-0.25, -0.2) is 14.8 Å². The van der Waals surface area contributed by atoms with Gasteiger partial charge in [-0.3, -0.25) is 0 Å². The molecule has 0 aliphatic carbocycles. The number of nitrogens with one attached hydrogen (secondary N) is 1. The van der Waals surface area contributed by atoms with Crippen molar-refractivity contribution in [1.29, 1.82) is 0 Å². The molecule has 1 N–H and O–H groups in total. The molecule has 1 fully saturated rings. The maximum atomic E-state index is 13.3. The van der Waals surface area contributed by atoms with Crippen LogP contribution in [0.1, 0.15) is 34.4 Å². The molecule has 0 bridgehead atoms. The predicted octanol–water partition coefficient (Wildman–Crippen LogP) is 7.06. The summed E-state index contributed by atoms with van der Waals surface area (Å²) in [5, 5.41) is 3.87. The number of para-hydroxylation sites is 1. The van der Waals surface area contributed by atoms with Crippen molar-refractivity contribution in [2.45, 2.75) is 33.6 Å². The summed E-state index contributed by atoms with van der Waals surface area (Å²) >= 11 is 6.14. The minimum atomic E-state index is -0.0560. The Bertz CT molecular complexity index is 1440. The lowest BCUT2D eigenvalue weighted by atomic mass is 10.0. The summed E-state index contributed by atoms with van der Waals surface area (Å²) in [7, 11) is 0. The smallest absolute Gasteiger partial charge is 0.321 e. The first kappa shape index (κ1) is 26.7. The van der Waals surface area contributed by atoms with Crippen LogP contribution in [0.25, 0.3) is 11.4 Å². The second kappa shape index (κ2) is 11.9. The number of amides is 2. The van der Waals surface area contributed by atoms with Gasteiger partial charge in [0.15, 0.2) is 5.82 Å². The fourth-order valence-electron chi connectivity index (χ4n) is 5.10. The van der Waals surface area contributed by atoms with Crippen LogP contribution in [-0.2, 0) is 6.42 Å². The lowest BCUT2D eigenvalue weighted by molar-refractivity contribution is 0.215. The van der Waals surface area contributed by atoms with E-state index in [1.807, 2.05) is 79.4 Å². The molecule has 2 heterocycles. The molecule has 0 spiro atoms. The second-order valence-corrected chi connectivity index (χ2v) is 10.6. The Balaban J connectivity index is 1.42. The molecule has 7 heteroatoms. The lowest BCUT2D eigenvalue weighted by Gasteiger charge is -2.26. The van der Waals surface area contributed by atoms with Gasteiger partial charge in [0.1, 0.15) is 5.82 Å². The maximum Gasteiger partial charge on any atom is 0.321 e. The molecule has 1 aliphatic heterocycles. The van der Waals surface area contributed by atoms with E-state index in [0.717, 1.165) is 68.8 Å². The number of rotatable bonds is 5. The van der Waals surface area contributed by atoms with Crippen molar-refractivity contribution in [1.82, 2.24) is 14.9 Å². The monoisotopic (exact) mass is 539 g/mol. The van der Waals surface area contributed by atoms with Crippen molar-refractivity contribution in [2.75, 3.05) is 36.4 Å². The number of nitrogens with zero attached hydrogens (tertiary/aromatic N) is 4. The molecule has 6 nitrogen and oxygen atoms in total. The SMILES string of the molecule is Cc1cccc(C)c1NC(=O)N1CCCN(c2nc(-c3ccccc3)nc(C)c2Cc2ccc(Cl)cc2)CC1. The molecule has 0 radical (unpaired) electrons. The van der Waals surface area contributed by atoms with E-state index >= 15 is 0 Å².